The summed E-state index contributed by atoms with van der Waals surface area (Å²) in [5, 5.41) is 0. The first-order chi connectivity index (χ1) is 7.18. The summed E-state index contributed by atoms with van der Waals surface area (Å²) in [4.78, 5) is 0. The molecule has 2 heteroatoms. The normalized spacial score (nSPS) is 21.9. The lowest BCUT2D eigenvalue weighted by Gasteiger charge is -2.26. The molecule has 0 amide bonds. The molecule has 1 atom stereocenters. The number of hydrogen-bond donors (Lipinski definition) is 0. The van der Waals surface area contributed by atoms with Crippen molar-refractivity contribution in [3.05, 3.63) is 45.4 Å². The Hall–Kier alpha value is -0.600. The summed E-state index contributed by atoms with van der Waals surface area (Å²) in [5.41, 5.74) is 4.09. The fourth-order valence-corrected chi connectivity index (χ4v) is 2.34. The molecule has 0 saturated heterocycles. The zero-order valence-electron chi connectivity index (χ0n) is 9.09. The highest BCUT2D eigenvalue weighted by Crippen LogP contribution is 2.34. The van der Waals surface area contributed by atoms with Crippen molar-refractivity contribution >= 4 is 15.9 Å². The van der Waals surface area contributed by atoms with Crippen molar-refractivity contribution in [2.45, 2.75) is 26.4 Å². The number of ether oxygens (including phenoxy) is 1. The Balaban J connectivity index is 2.24. The highest BCUT2D eigenvalue weighted by atomic mass is 79.9. The Labute approximate surface area is 99.3 Å². The van der Waals surface area contributed by atoms with Gasteiger partial charge in [0.2, 0.25) is 0 Å². The fourth-order valence-electron chi connectivity index (χ4n) is 1.80. The van der Waals surface area contributed by atoms with E-state index in [9.17, 15) is 0 Å². The molecule has 1 aliphatic heterocycles. The molecule has 0 aliphatic carbocycles. The number of benzene rings is 1. The largest absolute Gasteiger partial charge is 0.369 e. The number of hydrogen-bond acceptors (Lipinski definition) is 1. The first-order valence-electron chi connectivity index (χ1n) is 5.19. The van der Waals surface area contributed by atoms with E-state index in [1.807, 2.05) is 6.07 Å². The lowest BCUT2D eigenvalue weighted by atomic mass is 9.97. The van der Waals surface area contributed by atoms with E-state index in [0.717, 1.165) is 17.5 Å². The van der Waals surface area contributed by atoms with Gasteiger partial charge in [0.25, 0.3) is 0 Å². The van der Waals surface area contributed by atoms with Crippen LogP contribution in [0.1, 0.15) is 31.9 Å². The van der Waals surface area contributed by atoms with Gasteiger partial charge in [0.05, 0.1) is 12.7 Å². The van der Waals surface area contributed by atoms with E-state index in [0.29, 0.717) is 0 Å². The maximum absolute atomic E-state index is 5.84. The molecule has 1 heterocycles. The molecule has 0 N–H and O–H groups in total. The molecule has 0 saturated carbocycles. The van der Waals surface area contributed by atoms with E-state index in [1.165, 1.54) is 16.7 Å². The third-order valence-electron chi connectivity index (χ3n) is 2.97. The average Bonchev–Trinajstić information content (AvgIpc) is 2.23. The molecular formula is C13H15BrO. The molecule has 1 unspecified atom stereocenters. The molecule has 0 radical (unpaired) electrons. The SMILES string of the molecule is CC1=C(C)CC(c2ccccc2Br)OC1. The minimum absolute atomic E-state index is 0.212. The summed E-state index contributed by atoms with van der Waals surface area (Å²) in [7, 11) is 0. The second-order valence-electron chi connectivity index (χ2n) is 4.09. The molecule has 0 spiro atoms. The standard InChI is InChI=1S/C13H15BrO/c1-9-7-13(15-8-10(9)2)11-5-3-4-6-12(11)14/h3-6,13H,7-8H2,1-2H3. The minimum atomic E-state index is 0.212. The molecular weight excluding hydrogens is 252 g/mol. The van der Waals surface area contributed by atoms with Crippen LogP contribution in [-0.4, -0.2) is 6.61 Å². The van der Waals surface area contributed by atoms with Crippen LogP contribution in [0.3, 0.4) is 0 Å². The van der Waals surface area contributed by atoms with E-state index < -0.39 is 0 Å². The van der Waals surface area contributed by atoms with Crippen molar-refractivity contribution < 1.29 is 4.74 Å². The molecule has 1 aliphatic rings. The van der Waals surface area contributed by atoms with E-state index in [1.54, 1.807) is 0 Å². The van der Waals surface area contributed by atoms with Gasteiger partial charge in [-0.15, -0.1) is 0 Å². The highest BCUT2D eigenvalue weighted by Gasteiger charge is 2.20. The summed E-state index contributed by atoms with van der Waals surface area (Å²) in [6, 6.07) is 8.29. The van der Waals surface area contributed by atoms with E-state index >= 15 is 0 Å². The van der Waals surface area contributed by atoms with E-state index in [4.69, 9.17) is 4.74 Å². The predicted molar refractivity (Wildman–Crippen MR) is 65.8 cm³/mol. The quantitative estimate of drug-likeness (QED) is 0.691. The molecule has 0 bridgehead atoms. The Morgan fingerprint density at radius 1 is 1.20 bits per heavy atom. The average molecular weight is 267 g/mol. The highest BCUT2D eigenvalue weighted by molar-refractivity contribution is 9.10. The van der Waals surface area contributed by atoms with Crippen LogP contribution in [0, 0.1) is 0 Å². The second-order valence-corrected chi connectivity index (χ2v) is 4.94. The van der Waals surface area contributed by atoms with Crippen molar-refractivity contribution in [1.29, 1.82) is 0 Å². The van der Waals surface area contributed by atoms with Gasteiger partial charge in [-0.05, 0) is 37.5 Å². The summed E-state index contributed by atoms with van der Waals surface area (Å²) in [6.07, 6.45) is 1.22. The lowest BCUT2D eigenvalue weighted by molar-refractivity contribution is 0.0573. The maximum Gasteiger partial charge on any atom is 0.0877 e. The van der Waals surface area contributed by atoms with E-state index in [-0.39, 0.29) is 6.10 Å². The third-order valence-corrected chi connectivity index (χ3v) is 3.70. The van der Waals surface area contributed by atoms with Gasteiger partial charge in [0.15, 0.2) is 0 Å². The van der Waals surface area contributed by atoms with Gasteiger partial charge >= 0.3 is 0 Å². The van der Waals surface area contributed by atoms with Gasteiger partial charge in [-0.1, -0.05) is 39.7 Å². The number of halogens is 1. The Kier molecular flexibility index (Phi) is 3.27. The van der Waals surface area contributed by atoms with Crippen LogP contribution in [0.4, 0.5) is 0 Å². The summed E-state index contributed by atoms with van der Waals surface area (Å²) >= 11 is 3.57. The molecule has 1 aromatic rings. The van der Waals surface area contributed by atoms with Crippen LogP contribution in [0.2, 0.25) is 0 Å². The minimum Gasteiger partial charge on any atom is -0.369 e. The van der Waals surface area contributed by atoms with Crippen LogP contribution in [0.15, 0.2) is 39.9 Å². The monoisotopic (exact) mass is 266 g/mol. The van der Waals surface area contributed by atoms with Gasteiger partial charge in [-0.2, -0.15) is 0 Å². The van der Waals surface area contributed by atoms with Crippen LogP contribution >= 0.6 is 15.9 Å². The smallest absolute Gasteiger partial charge is 0.0877 e. The van der Waals surface area contributed by atoms with Crippen molar-refractivity contribution in [1.82, 2.24) is 0 Å². The van der Waals surface area contributed by atoms with Gasteiger partial charge in [0.1, 0.15) is 0 Å². The van der Waals surface area contributed by atoms with Crippen LogP contribution < -0.4 is 0 Å². The maximum atomic E-state index is 5.84. The predicted octanol–water partition coefficient (Wildman–Crippen LogP) is 4.25. The first-order valence-corrected chi connectivity index (χ1v) is 5.99. The van der Waals surface area contributed by atoms with Crippen LogP contribution in [0.25, 0.3) is 0 Å². The van der Waals surface area contributed by atoms with Gasteiger partial charge in [-0.25, -0.2) is 0 Å². The number of rotatable bonds is 1. The lowest BCUT2D eigenvalue weighted by Crippen LogP contribution is -2.14. The van der Waals surface area contributed by atoms with Crippen LogP contribution in [0.5, 0.6) is 0 Å². The zero-order valence-corrected chi connectivity index (χ0v) is 10.7. The third kappa shape index (κ3) is 2.32. The van der Waals surface area contributed by atoms with Crippen molar-refractivity contribution in [2.75, 3.05) is 6.61 Å². The molecule has 2 rings (SSSR count). The summed E-state index contributed by atoms with van der Waals surface area (Å²) in [6.45, 7) is 5.10. The molecule has 15 heavy (non-hydrogen) atoms. The molecule has 0 fully saturated rings. The Morgan fingerprint density at radius 3 is 2.60 bits per heavy atom. The molecule has 1 aromatic carbocycles. The molecule has 0 aromatic heterocycles. The second kappa shape index (κ2) is 4.50. The summed E-state index contributed by atoms with van der Waals surface area (Å²) < 4.78 is 6.98. The Bertz CT molecular complexity index is 395. The van der Waals surface area contributed by atoms with Gasteiger partial charge in [-0.3, -0.25) is 0 Å². The van der Waals surface area contributed by atoms with Crippen molar-refractivity contribution in [3.8, 4) is 0 Å². The zero-order chi connectivity index (χ0) is 10.8. The van der Waals surface area contributed by atoms with E-state index in [2.05, 4.69) is 48.0 Å². The fraction of sp³-hybridized carbons (Fsp3) is 0.385. The topological polar surface area (TPSA) is 9.23 Å². The Morgan fingerprint density at radius 2 is 1.93 bits per heavy atom. The van der Waals surface area contributed by atoms with Crippen molar-refractivity contribution in [2.24, 2.45) is 0 Å². The van der Waals surface area contributed by atoms with Gasteiger partial charge in [0, 0.05) is 4.47 Å². The first kappa shape index (κ1) is 10.9. The van der Waals surface area contributed by atoms with Gasteiger partial charge < -0.3 is 4.74 Å². The molecule has 80 valence electrons. The summed E-state index contributed by atoms with van der Waals surface area (Å²) in [5.74, 6) is 0. The molecule has 1 nitrogen and oxygen atoms in total. The van der Waals surface area contributed by atoms with Crippen molar-refractivity contribution in [3.63, 3.8) is 0 Å². The van der Waals surface area contributed by atoms with Crippen LogP contribution in [-0.2, 0) is 4.74 Å².